The van der Waals surface area contributed by atoms with Crippen LogP contribution in [0.4, 0.5) is 0 Å². The number of likely N-dealkylation sites (N-methyl/N-ethyl adjacent to an activating group) is 1. The van der Waals surface area contributed by atoms with Crippen LogP contribution in [-0.4, -0.2) is 26.4 Å². The number of aliphatic imine (C=N–C) groups is 1. The van der Waals surface area contributed by atoms with Gasteiger partial charge in [-0.15, -0.1) is 0 Å². The Morgan fingerprint density at radius 1 is 1.60 bits per heavy atom. The van der Waals surface area contributed by atoms with E-state index < -0.39 is 0 Å². The van der Waals surface area contributed by atoms with Crippen LogP contribution < -0.4 is 5.32 Å². The third-order valence-electron chi connectivity index (χ3n) is 1.33. The normalized spacial score (nSPS) is 16.7. The smallest absolute Gasteiger partial charge is 0.0615 e. The van der Waals surface area contributed by atoms with Gasteiger partial charge >= 0.3 is 0 Å². The lowest BCUT2D eigenvalue weighted by Gasteiger charge is -1.99. The Labute approximate surface area is 61.4 Å². The number of nitrogens with zero attached hydrogens (tertiary/aromatic N) is 1. The minimum absolute atomic E-state index is 0.827. The zero-order valence-electron chi connectivity index (χ0n) is 6.17. The van der Waals surface area contributed by atoms with Gasteiger partial charge in [0.1, 0.15) is 0 Å². The van der Waals surface area contributed by atoms with Crippen molar-refractivity contribution in [2.75, 3.05) is 20.1 Å². The molecule has 54 valence electrons. The number of nitrogens with one attached hydrogen (secondary N) is 1. The summed E-state index contributed by atoms with van der Waals surface area (Å²) in [6, 6.07) is 0. The molecule has 0 fully saturated rings. The molecular formula is C8H12N2. The third kappa shape index (κ3) is 2.15. The van der Waals surface area contributed by atoms with Gasteiger partial charge < -0.3 is 5.32 Å². The van der Waals surface area contributed by atoms with Crippen LogP contribution in [0.2, 0.25) is 0 Å². The molecule has 0 amide bonds. The fraction of sp³-hybridized carbons (Fsp3) is 0.375. The summed E-state index contributed by atoms with van der Waals surface area (Å²) in [5, 5.41) is 3.09. The van der Waals surface area contributed by atoms with E-state index in [-0.39, 0.29) is 0 Å². The van der Waals surface area contributed by atoms with Gasteiger partial charge in [-0.05, 0) is 18.7 Å². The predicted octanol–water partition coefficient (Wildman–Crippen LogP) is 0.773. The van der Waals surface area contributed by atoms with Crippen molar-refractivity contribution < 1.29 is 0 Å². The van der Waals surface area contributed by atoms with E-state index in [1.165, 1.54) is 5.57 Å². The third-order valence-corrected chi connectivity index (χ3v) is 1.33. The maximum absolute atomic E-state index is 4.15. The maximum atomic E-state index is 4.15. The first-order valence-corrected chi connectivity index (χ1v) is 3.42. The predicted molar refractivity (Wildman–Crippen MR) is 44.5 cm³/mol. The van der Waals surface area contributed by atoms with Gasteiger partial charge in [-0.3, -0.25) is 4.99 Å². The summed E-state index contributed by atoms with van der Waals surface area (Å²) < 4.78 is 0. The van der Waals surface area contributed by atoms with Crippen molar-refractivity contribution >= 4 is 6.21 Å². The van der Waals surface area contributed by atoms with Crippen LogP contribution in [0.5, 0.6) is 0 Å². The molecule has 0 atom stereocenters. The van der Waals surface area contributed by atoms with Crippen LogP contribution in [-0.2, 0) is 0 Å². The minimum Gasteiger partial charge on any atom is -0.316 e. The Balaban J connectivity index is 2.50. The van der Waals surface area contributed by atoms with Crippen LogP contribution in [0.1, 0.15) is 0 Å². The molecule has 0 aromatic rings. The number of hydrogen-bond donors (Lipinski definition) is 1. The molecule has 0 saturated carbocycles. The molecule has 0 saturated heterocycles. The van der Waals surface area contributed by atoms with Crippen molar-refractivity contribution in [1.82, 2.24) is 5.32 Å². The van der Waals surface area contributed by atoms with E-state index >= 15 is 0 Å². The van der Waals surface area contributed by atoms with Crippen molar-refractivity contribution in [3.63, 3.8) is 0 Å². The van der Waals surface area contributed by atoms with Crippen molar-refractivity contribution in [2.24, 2.45) is 4.99 Å². The van der Waals surface area contributed by atoms with Gasteiger partial charge in [-0.25, -0.2) is 0 Å². The molecule has 0 unspecified atom stereocenters. The molecule has 2 nitrogen and oxygen atoms in total. The van der Waals surface area contributed by atoms with Crippen LogP contribution in [0.25, 0.3) is 0 Å². The molecule has 10 heavy (non-hydrogen) atoms. The molecule has 0 spiro atoms. The Hall–Kier alpha value is -0.890. The monoisotopic (exact) mass is 136 g/mol. The molecule has 1 aliphatic heterocycles. The summed E-state index contributed by atoms with van der Waals surface area (Å²) in [6.07, 6.45) is 7.90. The molecule has 0 bridgehead atoms. The highest BCUT2D eigenvalue weighted by molar-refractivity contribution is 5.72. The van der Waals surface area contributed by atoms with Crippen molar-refractivity contribution in [3.8, 4) is 0 Å². The summed E-state index contributed by atoms with van der Waals surface area (Å²) in [4.78, 5) is 4.15. The quantitative estimate of drug-likeness (QED) is 0.596. The zero-order chi connectivity index (χ0) is 7.23. The van der Waals surface area contributed by atoms with Crippen molar-refractivity contribution in [1.29, 1.82) is 0 Å². The summed E-state index contributed by atoms with van der Waals surface area (Å²) in [6.45, 7) is 1.76. The largest absolute Gasteiger partial charge is 0.316 e. The maximum Gasteiger partial charge on any atom is 0.0615 e. The van der Waals surface area contributed by atoms with Crippen LogP contribution in [0.3, 0.4) is 0 Å². The molecule has 1 N–H and O–H groups in total. The van der Waals surface area contributed by atoms with Gasteiger partial charge in [-0.1, -0.05) is 12.2 Å². The Morgan fingerprint density at radius 3 is 3.30 bits per heavy atom. The molecule has 1 aliphatic rings. The average Bonchev–Trinajstić information content (AvgIpc) is 2.17. The van der Waals surface area contributed by atoms with Crippen LogP contribution >= 0.6 is 0 Å². The Kier molecular flexibility index (Phi) is 2.90. The second kappa shape index (κ2) is 4.01. The van der Waals surface area contributed by atoms with E-state index in [2.05, 4.69) is 16.4 Å². The first kappa shape index (κ1) is 7.22. The second-order valence-corrected chi connectivity index (χ2v) is 2.23. The molecule has 2 heteroatoms. The fourth-order valence-corrected chi connectivity index (χ4v) is 0.867. The lowest BCUT2D eigenvalue weighted by Crippen LogP contribution is -2.11. The average molecular weight is 136 g/mol. The zero-order valence-corrected chi connectivity index (χ0v) is 6.17. The Bertz CT molecular complexity index is 178. The van der Waals surface area contributed by atoms with Crippen LogP contribution in [0, 0.1) is 0 Å². The fourth-order valence-electron chi connectivity index (χ4n) is 0.867. The van der Waals surface area contributed by atoms with Gasteiger partial charge in [0.2, 0.25) is 0 Å². The summed E-state index contributed by atoms with van der Waals surface area (Å²) in [7, 11) is 1.94. The van der Waals surface area contributed by atoms with E-state index in [1.807, 2.05) is 25.4 Å². The first-order chi connectivity index (χ1) is 4.93. The van der Waals surface area contributed by atoms with E-state index in [4.69, 9.17) is 0 Å². The highest BCUT2D eigenvalue weighted by Gasteiger charge is 1.92. The van der Waals surface area contributed by atoms with E-state index in [0.717, 1.165) is 13.1 Å². The molecule has 1 rings (SSSR count). The lowest BCUT2D eigenvalue weighted by atomic mass is 10.2. The molecule has 0 aromatic heterocycles. The number of allylic oxidation sites excluding steroid dienone is 3. The molecule has 0 radical (unpaired) electrons. The molecule has 0 aromatic carbocycles. The standard InChI is InChI=1S/C8H12N2/c1-9-6-8-4-2-3-5-10-7-8/h2-5,9H,6-7H2,1H3. The van der Waals surface area contributed by atoms with E-state index in [1.54, 1.807) is 0 Å². The highest BCUT2D eigenvalue weighted by atomic mass is 14.8. The lowest BCUT2D eigenvalue weighted by molar-refractivity contribution is 0.859. The van der Waals surface area contributed by atoms with E-state index in [9.17, 15) is 0 Å². The van der Waals surface area contributed by atoms with Gasteiger partial charge in [0.05, 0.1) is 6.54 Å². The molecular weight excluding hydrogens is 124 g/mol. The van der Waals surface area contributed by atoms with Crippen molar-refractivity contribution in [2.45, 2.75) is 0 Å². The second-order valence-electron chi connectivity index (χ2n) is 2.23. The Morgan fingerprint density at radius 2 is 2.50 bits per heavy atom. The van der Waals surface area contributed by atoms with Crippen LogP contribution in [0.15, 0.2) is 28.8 Å². The van der Waals surface area contributed by atoms with Gasteiger partial charge in [-0.2, -0.15) is 0 Å². The van der Waals surface area contributed by atoms with Gasteiger partial charge in [0, 0.05) is 12.8 Å². The van der Waals surface area contributed by atoms with Gasteiger partial charge in [0.25, 0.3) is 0 Å². The minimum atomic E-state index is 0.827. The first-order valence-electron chi connectivity index (χ1n) is 3.42. The highest BCUT2D eigenvalue weighted by Crippen LogP contribution is 1.96. The van der Waals surface area contributed by atoms with Crippen molar-refractivity contribution in [3.05, 3.63) is 23.8 Å². The van der Waals surface area contributed by atoms with Gasteiger partial charge in [0.15, 0.2) is 0 Å². The van der Waals surface area contributed by atoms with E-state index in [0.29, 0.717) is 0 Å². The summed E-state index contributed by atoms with van der Waals surface area (Å²) in [5.74, 6) is 0. The summed E-state index contributed by atoms with van der Waals surface area (Å²) in [5.41, 5.74) is 1.33. The topological polar surface area (TPSA) is 24.4 Å². The number of rotatable bonds is 2. The molecule has 0 aliphatic carbocycles. The summed E-state index contributed by atoms with van der Waals surface area (Å²) >= 11 is 0. The SMILES string of the molecule is CNCC1=CC=CC=NC1. The molecule has 1 heterocycles. The number of hydrogen-bond acceptors (Lipinski definition) is 2.